The Morgan fingerprint density at radius 1 is 1.44 bits per heavy atom. The lowest BCUT2D eigenvalue weighted by Crippen LogP contribution is -2.37. The normalized spacial score (nSPS) is 10.1. The minimum absolute atomic E-state index is 0.0371. The van der Waals surface area contributed by atoms with Gasteiger partial charge in [0.05, 0.1) is 6.61 Å². The number of hydrogen-bond acceptors (Lipinski definition) is 4. The lowest BCUT2D eigenvalue weighted by atomic mass is 10.2. The highest BCUT2D eigenvalue weighted by atomic mass is 16.5. The van der Waals surface area contributed by atoms with Crippen molar-refractivity contribution >= 4 is 5.91 Å². The Morgan fingerprint density at radius 2 is 2.12 bits per heavy atom. The fourth-order valence-electron chi connectivity index (χ4n) is 1.35. The van der Waals surface area contributed by atoms with Gasteiger partial charge in [-0.2, -0.15) is 0 Å². The number of nitrogens with two attached hydrogens (primary N) is 1. The molecule has 0 radical (unpaired) electrons. The van der Waals surface area contributed by atoms with Crippen LogP contribution in [0.4, 0.5) is 0 Å². The Labute approximate surface area is 95.2 Å². The van der Waals surface area contributed by atoms with Crippen LogP contribution in [0.5, 0.6) is 0 Å². The first-order valence-electron chi connectivity index (χ1n) is 5.18. The Bertz CT molecular complexity index is 316. The van der Waals surface area contributed by atoms with Crippen LogP contribution in [-0.2, 0) is 4.74 Å². The summed E-state index contributed by atoms with van der Waals surface area (Å²) >= 11 is 0. The van der Waals surface area contributed by atoms with E-state index in [1.807, 2.05) is 0 Å². The summed E-state index contributed by atoms with van der Waals surface area (Å²) in [4.78, 5) is 17.6. The molecule has 0 fully saturated rings. The number of amides is 1. The first kappa shape index (κ1) is 12.6. The van der Waals surface area contributed by atoms with E-state index in [4.69, 9.17) is 10.5 Å². The minimum atomic E-state index is -0.0371. The van der Waals surface area contributed by atoms with Gasteiger partial charge < -0.3 is 15.4 Å². The number of hydrogen-bond donors (Lipinski definition) is 1. The van der Waals surface area contributed by atoms with Gasteiger partial charge in [0.2, 0.25) is 0 Å². The average Bonchev–Trinajstić information content (AvgIpc) is 2.35. The molecule has 1 amide bonds. The summed E-state index contributed by atoms with van der Waals surface area (Å²) in [6.45, 7) is 2.04. The van der Waals surface area contributed by atoms with E-state index in [1.165, 1.54) is 0 Å². The van der Waals surface area contributed by atoms with Crippen molar-refractivity contribution in [2.75, 3.05) is 33.4 Å². The number of carbonyl (C=O) groups is 1. The molecule has 0 spiro atoms. The molecule has 0 bridgehead atoms. The van der Waals surface area contributed by atoms with E-state index in [-0.39, 0.29) is 5.91 Å². The zero-order valence-electron chi connectivity index (χ0n) is 9.43. The standard InChI is InChI=1S/C11H17N3O2/c1-16-9-8-14(7-4-12)11(15)10-2-5-13-6-3-10/h2-3,5-6H,4,7-9,12H2,1H3. The number of nitrogens with zero attached hydrogens (tertiary/aromatic N) is 2. The van der Waals surface area contributed by atoms with Crippen molar-refractivity contribution in [2.45, 2.75) is 0 Å². The van der Waals surface area contributed by atoms with Gasteiger partial charge in [0, 0.05) is 44.7 Å². The van der Waals surface area contributed by atoms with E-state index in [0.717, 1.165) is 0 Å². The van der Waals surface area contributed by atoms with Crippen LogP contribution in [0.1, 0.15) is 10.4 Å². The molecule has 88 valence electrons. The SMILES string of the molecule is COCCN(CCN)C(=O)c1ccncc1. The Morgan fingerprint density at radius 3 is 2.69 bits per heavy atom. The van der Waals surface area contributed by atoms with E-state index >= 15 is 0 Å². The summed E-state index contributed by atoms with van der Waals surface area (Å²) in [5.74, 6) is -0.0371. The second-order valence-corrected chi connectivity index (χ2v) is 3.31. The minimum Gasteiger partial charge on any atom is -0.383 e. The van der Waals surface area contributed by atoms with Crippen molar-refractivity contribution in [3.63, 3.8) is 0 Å². The van der Waals surface area contributed by atoms with Gasteiger partial charge in [0.15, 0.2) is 0 Å². The van der Waals surface area contributed by atoms with Gasteiger partial charge in [-0.25, -0.2) is 0 Å². The largest absolute Gasteiger partial charge is 0.383 e. The second-order valence-electron chi connectivity index (χ2n) is 3.31. The van der Waals surface area contributed by atoms with E-state index in [0.29, 0.717) is 31.8 Å². The predicted molar refractivity (Wildman–Crippen MR) is 61.1 cm³/mol. The number of ether oxygens (including phenoxy) is 1. The van der Waals surface area contributed by atoms with E-state index < -0.39 is 0 Å². The highest BCUT2D eigenvalue weighted by Crippen LogP contribution is 2.02. The van der Waals surface area contributed by atoms with Crippen molar-refractivity contribution in [1.82, 2.24) is 9.88 Å². The molecule has 0 aliphatic rings. The molecular formula is C11H17N3O2. The van der Waals surface area contributed by atoms with Gasteiger partial charge in [0.25, 0.3) is 5.91 Å². The van der Waals surface area contributed by atoms with Crippen LogP contribution < -0.4 is 5.73 Å². The molecule has 0 saturated carbocycles. The van der Waals surface area contributed by atoms with Crippen LogP contribution >= 0.6 is 0 Å². The topological polar surface area (TPSA) is 68.5 Å². The molecule has 5 nitrogen and oxygen atoms in total. The van der Waals surface area contributed by atoms with Gasteiger partial charge in [-0.15, -0.1) is 0 Å². The smallest absolute Gasteiger partial charge is 0.254 e. The molecule has 1 rings (SSSR count). The number of carbonyl (C=O) groups excluding carboxylic acids is 1. The zero-order chi connectivity index (χ0) is 11.8. The molecule has 0 atom stereocenters. The summed E-state index contributed by atoms with van der Waals surface area (Å²) in [6.07, 6.45) is 3.20. The maximum absolute atomic E-state index is 12.0. The lowest BCUT2D eigenvalue weighted by Gasteiger charge is -2.21. The molecule has 0 unspecified atom stereocenters. The molecule has 5 heteroatoms. The molecule has 0 aromatic carbocycles. The molecule has 0 aliphatic heterocycles. The number of methoxy groups -OCH3 is 1. The maximum atomic E-state index is 12.0. The molecular weight excluding hydrogens is 206 g/mol. The summed E-state index contributed by atoms with van der Waals surface area (Å²) in [5.41, 5.74) is 6.09. The fourth-order valence-corrected chi connectivity index (χ4v) is 1.35. The zero-order valence-corrected chi connectivity index (χ0v) is 9.43. The lowest BCUT2D eigenvalue weighted by molar-refractivity contribution is 0.0701. The summed E-state index contributed by atoms with van der Waals surface area (Å²) in [5, 5.41) is 0. The van der Waals surface area contributed by atoms with E-state index in [1.54, 1.807) is 36.5 Å². The molecule has 1 aromatic rings. The highest BCUT2D eigenvalue weighted by Gasteiger charge is 2.13. The molecule has 0 saturated heterocycles. The quantitative estimate of drug-likeness (QED) is 0.744. The number of rotatable bonds is 6. The van der Waals surface area contributed by atoms with Gasteiger partial charge in [-0.05, 0) is 12.1 Å². The van der Waals surface area contributed by atoms with Crippen LogP contribution in [-0.4, -0.2) is 49.1 Å². The first-order valence-corrected chi connectivity index (χ1v) is 5.18. The van der Waals surface area contributed by atoms with Gasteiger partial charge in [-0.1, -0.05) is 0 Å². The summed E-state index contributed by atoms with van der Waals surface area (Å²) in [6, 6.07) is 3.39. The Kier molecular flexibility index (Phi) is 5.45. The van der Waals surface area contributed by atoms with Crippen LogP contribution in [0, 0.1) is 0 Å². The highest BCUT2D eigenvalue weighted by molar-refractivity contribution is 5.94. The molecule has 0 aliphatic carbocycles. The molecule has 2 N–H and O–H groups in total. The van der Waals surface area contributed by atoms with Gasteiger partial charge >= 0.3 is 0 Å². The second kappa shape index (κ2) is 6.92. The number of pyridine rings is 1. The maximum Gasteiger partial charge on any atom is 0.254 e. The van der Waals surface area contributed by atoms with Gasteiger partial charge in [0.1, 0.15) is 0 Å². The molecule has 16 heavy (non-hydrogen) atoms. The molecule has 1 aromatic heterocycles. The van der Waals surface area contributed by atoms with E-state index in [2.05, 4.69) is 4.98 Å². The van der Waals surface area contributed by atoms with Crippen molar-refractivity contribution in [1.29, 1.82) is 0 Å². The third kappa shape index (κ3) is 3.60. The van der Waals surface area contributed by atoms with Crippen LogP contribution in [0.25, 0.3) is 0 Å². The van der Waals surface area contributed by atoms with Crippen LogP contribution in [0.3, 0.4) is 0 Å². The average molecular weight is 223 g/mol. The third-order valence-corrected chi connectivity index (χ3v) is 2.18. The van der Waals surface area contributed by atoms with Crippen molar-refractivity contribution in [3.05, 3.63) is 30.1 Å². The van der Waals surface area contributed by atoms with Crippen molar-refractivity contribution in [2.24, 2.45) is 5.73 Å². The Balaban J connectivity index is 2.67. The summed E-state index contributed by atoms with van der Waals surface area (Å²) in [7, 11) is 1.61. The monoisotopic (exact) mass is 223 g/mol. The predicted octanol–water partition coefficient (Wildman–Crippen LogP) is 0.129. The van der Waals surface area contributed by atoms with Gasteiger partial charge in [-0.3, -0.25) is 9.78 Å². The van der Waals surface area contributed by atoms with E-state index in [9.17, 15) is 4.79 Å². The van der Waals surface area contributed by atoms with Crippen LogP contribution in [0.15, 0.2) is 24.5 Å². The van der Waals surface area contributed by atoms with Crippen molar-refractivity contribution in [3.8, 4) is 0 Å². The fraction of sp³-hybridized carbons (Fsp3) is 0.455. The number of aromatic nitrogens is 1. The first-order chi connectivity index (χ1) is 7.79. The third-order valence-electron chi connectivity index (χ3n) is 2.18. The Hall–Kier alpha value is -1.46. The summed E-state index contributed by atoms with van der Waals surface area (Å²) < 4.78 is 4.96. The van der Waals surface area contributed by atoms with Crippen LogP contribution in [0.2, 0.25) is 0 Å². The molecule has 1 heterocycles. The van der Waals surface area contributed by atoms with Crippen molar-refractivity contribution < 1.29 is 9.53 Å².